The van der Waals surface area contributed by atoms with Crippen LogP contribution in [0.15, 0.2) is 12.1 Å². The van der Waals surface area contributed by atoms with Gasteiger partial charge in [-0.05, 0) is 25.3 Å². The fourth-order valence-electron chi connectivity index (χ4n) is 1.25. The third-order valence-electron chi connectivity index (χ3n) is 2.26. The van der Waals surface area contributed by atoms with E-state index in [9.17, 15) is 4.79 Å². The van der Waals surface area contributed by atoms with Crippen LogP contribution in [-0.2, 0) is 0 Å². The molecule has 0 fully saturated rings. The molecule has 1 aromatic heterocycles. The van der Waals surface area contributed by atoms with E-state index in [0.29, 0.717) is 0 Å². The van der Waals surface area contributed by atoms with Crippen molar-refractivity contribution < 1.29 is 9.90 Å². The summed E-state index contributed by atoms with van der Waals surface area (Å²) in [6.07, 6.45) is 1.88. The van der Waals surface area contributed by atoms with Crippen molar-refractivity contribution in [3.8, 4) is 0 Å². The first-order valence-electron chi connectivity index (χ1n) is 5.02. The van der Waals surface area contributed by atoms with Crippen LogP contribution in [0.4, 0.5) is 0 Å². The summed E-state index contributed by atoms with van der Waals surface area (Å²) in [5, 5.41) is 19.3. The molecule has 94 valence electrons. The summed E-state index contributed by atoms with van der Waals surface area (Å²) in [6, 6.07) is 2.86. The highest BCUT2D eigenvalue weighted by Gasteiger charge is 2.18. The van der Waals surface area contributed by atoms with E-state index in [0.717, 1.165) is 0 Å². The molecule has 2 unspecified atom stereocenters. The van der Waals surface area contributed by atoms with Crippen LogP contribution < -0.4 is 5.32 Å². The molecule has 2 N–H and O–H groups in total. The molecule has 1 rings (SSSR count). The van der Waals surface area contributed by atoms with Crippen LogP contribution in [-0.4, -0.2) is 45.4 Å². The summed E-state index contributed by atoms with van der Waals surface area (Å²) in [5.41, 5.74) is 0.207. The number of aliphatic hydroxyl groups is 1. The minimum atomic E-state index is -0.325. The summed E-state index contributed by atoms with van der Waals surface area (Å²) >= 11 is 7.07. The predicted octanol–water partition coefficient (Wildman–Crippen LogP) is 0.972. The first-order chi connectivity index (χ1) is 8.08. The van der Waals surface area contributed by atoms with Crippen molar-refractivity contribution in [2.45, 2.75) is 18.2 Å². The third kappa shape index (κ3) is 4.14. The van der Waals surface area contributed by atoms with Gasteiger partial charge in [0.05, 0.1) is 6.61 Å². The zero-order valence-corrected chi connectivity index (χ0v) is 11.1. The van der Waals surface area contributed by atoms with Crippen LogP contribution in [0.3, 0.4) is 0 Å². The first kappa shape index (κ1) is 14.2. The van der Waals surface area contributed by atoms with Crippen LogP contribution in [0.2, 0.25) is 5.15 Å². The van der Waals surface area contributed by atoms with Gasteiger partial charge >= 0.3 is 0 Å². The van der Waals surface area contributed by atoms with Crippen LogP contribution in [0.25, 0.3) is 0 Å². The van der Waals surface area contributed by atoms with Crippen molar-refractivity contribution in [3.63, 3.8) is 0 Å². The normalized spacial score (nSPS) is 14.1. The second-order valence-electron chi connectivity index (χ2n) is 3.46. The van der Waals surface area contributed by atoms with Crippen molar-refractivity contribution in [1.82, 2.24) is 15.5 Å². The molecule has 7 heteroatoms. The number of rotatable bonds is 5. The largest absolute Gasteiger partial charge is 0.395 e. The maximum atomic E-state index is 11.8. The lowest BCUT2D eigenvalue weighted by Gasteiger charge is -2.20. The fourth-order valence-corrected chi connectivity index (χ4v) is 1.97. The van der Waals surface area contributed by atoms with Gasteiger partial charge in [-0.3, -0.25) is 4.79 Å². The van der Waals surface area contributed by atoms with Gasteiger partial charge in [-0.1, -0.05) is 11.6 Å². The van der Waals surface area contributed by atoms with Gasteiger partial charge in [0.15, 0.2) is 10.8 Å². The van der Waals surface area contributed by atoms with Crippen molar-refractivity contribution >= 4 is 29.3 Å². The highest BCUT2D eigenvalue weighted by Crippen LogP contribution is 2.11. The Hall–Kier alpha value is -0.850. The van der Waals surface area contributed by atoms with Gasteiger partial charge in [0.1, 0.15) is 0 Å². The lowest BCUT2D eigenvalue weighted by atomic mass is 10.2. The molecule has 0 aliphatic carbocycles. The zero-order chi connectivity index (χ0) is 12.8. The second kappa shape index (κ2) is 6.78. The van der Waals surface area contributed by atoms with Gasteiger partial charge in [0.2, 0.25) is 0 Å². The van der Waals surface area contributed by atoms with E-state index in [-0.39, 0.29) is 34.7 Å². The van der Waals surface area contributed by atoms with Crippen molar-refractivity contribution in [2.24, 2.45) is 0 Å². The number of nitrogens with zero attached hydrogens (tertiary/aromatic N) is 2. The number of thioether (sulfide) groups is 1. The van der Waals surface area contributed by atoms with Crippen LogP contribution in [0.1, 0.15) is 17.4 Å². The van der Waals surface area contributed by atoms with Gasteiger partial charge < -0.3 is 10.4 Å². The van der Waals surface area contributed by atoms with E-state index in [1.165, 1.54) is 23.9 Å². The van der Waals surface area contributed by atoms with Gasteiger partial charge in [-0.25, -0.2) is 0 Å². The molecule has 0 aliphatic rings. The highest BCUT2D eigenvalue weighted by atomic mass is 35.5. The molecule has 1 aromatic rings. The Morgan fingerprint density at radius 2 is 2.29 bits per heavy atom. The van der Waals surface area contributed by atoms with E-state index >= 15 is 0 Å². The number of aromatic nitrogens is 2. The quantitative estimate of drug-likeness (QED) is 0.838. The molecule has 0 spiro atoms. The zero-order valence-electron chi connectivity index (χ0n) is 9.55. The molecule has 0 aromatic carbocycles. The summed E-state index contributed by atoms with van der Waals surface area (Å²) in [4.78, 5) is 11.8. The average Bonchev–Trinajstić information content (AvgIpc) is 2.31. The monoisotopic (exact) mass is 275 g/mol. The van der Waals surface area contributed by atoms with Gasteiger partial charge in [-0.2, -0.15) is 11.8 Å². The van der Waals surface area contributed by atoms with Crippen molar-refractivity contribution in [1.29, 1.82) is 0 Å². The van der Waals surface area contributed by atoms with Gasteiger partial charge in [0, 0.05) is 11.3 Å². The second-order valence-corrected chi connectivity index (χ2v) is 4.92. The van der Waals surface area contributed by atoms with E-state index in [1.807, 2.05) is 13.2 Å². The van der Waals surface area contributed by atoms with E-state index in [2.05, 4.69) is 15.5 Å². The molecule has 17 heavy (non-hydrogen) atoms. The van der Waals surface area contributed by atoms with Crippen LogP contribution >= 0.6 is 23.4 Å². The van der Waals surface area contributed by atoms with E-state index in [1.54, 1.807) is 0 Å². The summed E-state index contributed by atoms with van der Waals surface area (Å²) in [5.74, 6) is -0.325. The minimum Gasteiger partial charge on any atom is -0.395 e. The Balaban J connectivity index is 2.62. The van der Waals surface area contributed by atoms with Crippen LogP contribution in [0.5, 0.6) is 0 Å². The number of amides is 1. The summed E-state index contributed by atoms with van der Waals surface area (Å²) in [6.45, 7) is 1.84. The number of nitrogens with one attached hydrogen (secondary N) is 1. The number of hydrogen-bond acceptors (Lipinski definition) is 5. The summed E-state index contributed by atoms with van der Waals surface area (Å²) < 4.78 is 0. The molecule has 0 bridgehead atoms. The standard InChI is InChI=1S/C10H14ClN3O2S/c1-6(8(5-15)17-2)12-10(16)7-3-4-9(11)14-13-7/h3-4,6,8,15H,5H2,1-2H3,(H,12,16). The maximum Gasteiger partial charge on any atom is 0.272 e. The number of hydrogen-bond donors (Lipinski definition) is 2. The molecule has 1 heterocycles. The highest BCUT2D eigenvalue weighted by molar-refractivity contribution is 7.99. The molecule has 0 saturated heterocycles. The Labute approximate surface area is 109 Å². The molecule has 5 nitrogen and oxygen atoms in total. The number of aliphatic hydroxyl groups excluding tert-OH is 1. The van der Waals surface area contributed by atoms with Gasteiger partial charge in [-0.15, -0.1) is 10.2 Å². The Bertz CT molecular complexity index is 370. The molecule has 0 radical (unpaired) electrons. The number of carbonyl (C=O) groups is 1. The molecule has 1 amide bonds. The molecule has 0 aliphatic heterocycles. The predicted molar refractivity (Wildman–Crippen MR) is 68.4 cm³/mol. The molecule has 0 saturated carbocycles. The summed E-state index contributed by atoms with van der Waals surface area (Å²) in [7, 11) is 0. The Kier molecular flexibility index (Phi) is 5.67. The van der Waals surface area contributed by atoms with Crippen molar-refractivity contribution in [2.75, 3.05) is 12.9 Å². The van der Waals surface area contributed by atoms with E-state index < -0.39 is 0 Å². The van der Waals surface area contributed by atoms with Crippen LogP contribution in [0, 0.1) is 0 Å². The average molecular weight is 276 g/mol. The maximum absolute atomic E-state index is 11.8. The lowest BCUT2D eigenvalue weighted by molar-refractivity contribution is 0.0930. The number of halogens is 1. The molecular weight excluding hydrogens is 262 g/mol. The van der Waals surface area contributed by atoms with Gasteiger partial charge in [0.25, 0.3) is 5.91 Å². The third-order valence-corrected chi connectivity index (χ3v) is 3.63. The number of carbonyl (C=O) groups excluding carboxylic acids is 1. The molecule has 2 atom stereocenters. The SMILES string of the molecule is CSC(CO)C(C)NC(=O)c1ccc(Cl)nn1. The topological polar surface area (TPSA) is 75.1 Å². The Morgan fingerprint density at radius 3 is 2.76 bits per heavy atom. The fraction of sp³-hybridized carbons (Fsp3) is 0.500. The molecular formula is C10H14ClN3O2S. The Morgan fingerprint density at radius 1 is 1.59 bits per heavy atom. The smallest absolute Gasteiger partial charge is 0.272 e. The van der Waals surface area contributed by atoms with Crippen molar-refractivity contribution in [3.05, 3.63) is 23.0 Å². The lowest BCUT2D eigenvalue weighted by Crippen LogP contribution is -2.41. The first-order valence-corrected chi connectivity index (χ1v) is 6.68. The minimum absolute atomic E-state index is 0.00884. The van der Waals surface area contributed by atoms with E-state index in [4.69, 9.17) is 16.7 Å².